The lowest BCUT2D eigenvalue weighted by Crippen LogP contribution is -2.26. The highest BCUT2D eigenvalue weighted by molar-refractivity contribution is 9.10. The van der Waals surface area contributed by atoms with E-state index in [0.29, 0.717) is 27.6 Å². The van der Waals surface area contributed by atoms with E-state index in [1.165, 1.54) is 26.3 Å². The maximum Gasteiger partial charge on any atom is 0.346 e. The van der Waals surface area contributed by atoms with Crippen molar-refractivity contribution in [2.24, 2.45) is 5.10 Å². The predicted octanol–water partition coefficient (Wildman–Crippen LogP) is 4.89. The van der Waals surface area contributed by atoms with Gasteiger partial charge in [0.05, 0.1) is 29.2 Å². The third-order valence-electron chi connectivity index (χ3n) is 5.03. The molecule has 0 bridgehead atoms. The van der Waals surface area contributed by atoms with Crippen molar-refractivity contribution in [3.63, 3.8) is 0 Å². The molecule has 3 aromatic rings. The largest absolute Gasteiger partial charge is 0.471 e. The summed E-state index contributed by atoms with van der Waals surface area (Å²) in [6, 6.07) is 7.68. The molecule has 0 spiro atoms. The highest BCUT2D eigenvalue weighted by Gasteiger charge is 2.25. The van der Waals surface area contributed by atoms with E-state index in [1.54, 1.807) is 18.2 Å². The monoisotopic (exact) mass is 564 g/mol. The second-order valence-electron chi connectivity index (χ2n) is 7.54. The van der Waals surface area contributed by atoms with Crippen molar-refractivity contribution in [1.29, 1.82) is 0 Å². The van der Waals surface area contributed by atoms with Crippen molar-refractivity contribution >= 4 is 56.3 Å². The molecule has 10 nitrogen and oxygen atoms in total. The van der Waals surface area contributed by atoms with Crippen LogP contribution in [-0.4, -0.2) is 40.0 Å². The quantitative estimate of drug-likeness (QED) is 0.157. The van der Waals surface area contributed by atoms with Gasteiger partial charge in [0.15, 0.2) is 6.10 Å². The van der Waals surface area contributed by atoms with Gasteiger partial charge in [-0.25, -0.2) is 9.78 Å². The van der Waals surface area contributed by atoms with E-state index in [4.69, 9.17) is 16.3 Å². The Morgan fingerprint density at radius 3 is 2.77 bits per heavy atom. The number of nitrogens with zero attached hydrogens (tertiary/aromatic N) is 4. The average Bonchev–Trinajstić information content (AvgIpc) is 2.83. The number of carbonyl (C=O) groups excluding carboxylic acids is 1. The molecule has 3 rings (SSSR count). The Hall–Kier alpha value is -3.31. The summed E-state index contributed by atoms with van der Waals surface area (Å²) in [5.74, 6) is -0.523. The first-order valence-electron chi connectivity index (χ1n) is 10.6. The van der Waals surface area contributed by atoms with Gasteiger partial charge >= 0.3 is 11.7 Å². The molecule has 2 aromatic carbocycles. The van der Waals surface area contributed by atoms with E-state index >= 15 is 0 Å². The lowest BCUT2D eigenvalue weighted by molar-refractivity contribution is -0.386. The number of ether oxygens (including phenoxy) is 2. The zero-order valence-electron chi connectivity index (χ0n) is 19.2. The molecule has 0 aliphatic rings. The van der Waals surface area contributed by atoms with Gasteiger partial charge in [-0.2, -0.15) is 9.78 Å². The van der Waals surface area contributed by atoms with Gasteiger partial charge in [0.25, 0.3) is 5.56 Å². The highest BCUT2D eigenvalue weighted by Crippen LogP contribution is 2.34. The number of esters is 1. The van der Waals surface area contributed by atoms with Gasteiger partial charge in [-0.05, 0) is 37.6 Å². The van der Waals surface area contributed by atoms with E-state index in [1.807, 2.05) is 6.92 Å². The molecule has 35 heavy (non-hydrogen) atoms. The van der Waals surface area contributed by atoms with Crippen LogP contribution in [0.25, 0.3) is 10.9 Å². The zero-order valence-corrected chi connectivity index (χ0v) is 21.5. The number of fused-ring (bicyclic) bond motifs is 1. The predicted molar refractivity (Wildman–Crippen MR) is 136 cm³/mol. The van der Waals surface area contributed by atoms with Crippen LogP contribution in [0.15, 0.2) is 44.7 Å². The molecular weight excluding hydrogens is 544 g/mol. The Bertz CT molecular complexity index is 1370. The van der Waals surface area contributed by atoms with Crippen molar-refractivity contribution < 1.29 is 19.2 Å². The number of nitro benzene ring substituents is 1. The minimum absolute atomic E-state index is 0.0512. The molecule has 0 aliphatic heterocycles. The maximum absolute atomic E-state index is 13.3. The summed E-state index contributed by atoms with van der Waals surface area (Å²) < 4.78 is 12.1. The number of benzene rings is 2. The fraction of sp³-hybridized carbons (Fsp3) is 0.304. The highest BCUT2D eigenvalue weighted by atomic mass is 79.9. The number of carbonyl (C=O) groups is 1. The minimum atomic E-state index is -1.14. The second kappa shape index (κ2) is 11.4. The van der Waals surface area contributed by atoms with Gasteiger partial charge in [0.2, 0.25) is 5.75 Å². The Balaban J connectivity index is 2.19. The van der Waals surface area contributed by atoms with Gasteiger partial charge in [0, 0.05) is 27.5 Å². The van der Waals surface area contributed by atoms with Crippen molar-refractivity contribution in [2.75, 3.05) is 7.11 Å². The lowest BCUT2D eigenvalue weighted by atomic mass is 10.2. The van der Waals surface area contributed by atoms with Crippen molar-refractivity contribution in [2.45, 2.75) is 39.2 Å². The molecule has 0 fully saturated rings. The SMILES string of the molecule is CCCCc1nc2ccc(Br)cc2c(=O)n1N=Cc1cc(Cl)cc([N+](=O)[O-])c1O[C@@H](C)C(=O)OC. The summed E-state index contributed by atoms with van der Waals surface area (Å²) in [6.07, 6.45) is 2.22. The van der Waals surface area contributed by atoms with Crippen LogP contribution in [-0.2, 0) is 16.0 Å². The van der Waals surface area contributed by atoms with Crippen molar-refractivity contribution in [3.8, 4) is 5.75 Å². The number of methoxy groups -OCH3 is 1. The summed E-state index contributed by atoms with van der Waals surface area (Å²) in [5.41, 5.74) is -0.234. The van der Waals surface area contributed by atoms with Crippen molar-refractivity contribution in [1.82, 2.24) is 9.66 Å². The van der Waals surface area contributed by atoms with Gasteiger partial charge in [-0.15, -0.1) is 0 Å². The number of aryl methyl sites for hydroxylation is 1. The summed E-state index contributed by atoms with van der Waals surface area (Å²) >= 11 is 9.46. The first-order chi connectivity index (χ1) is 16.7. The van der Waals surface area contributed by atoms with Crippen LogP contribution in [0.3, 0.4) is 0 Å². The van der Waals surface area contributed by atoms with E-state index in [2.05, 4.69) is 30.8 Å². The number of hydrogen-bond acceptors (Lipinski definition) is 8. The molecule has 12 heteroatoms. The van der Waals surface area contributed by atoms with Crippen LogP contribution in [0.4, 0.5) is 5.69 Å². The summed E-state index contributed by atoms with van der Waals surface area (Å²) in [6.45, 7) is 3.41. The van der Waals surface area contributed by atoms with E-state index in [9.17, 15) is 19.7 Å². The van der Waals surface area contributed by atoms with Crippen LogP contribution in [0.2, 0.25) is 5.02 Å². The molecule has 1 atom stereocenters. The Morgan fingerprint density at radius 1 is 1.37 bits per heavy atom. The average molecular weight is 566 g/mol. The summed E-state index contributed by atoms with van der Waals surface area (Å²) in [5, 5.41) is 16.4. The standard InChI is InChI=1S/C23H22BrClN4O6/c1-4-5-6-20-27-18-8-7-15(24)10-17(18)22(30)28(20)26-12-14-9-16(25)11-19(29(32)33)21(14)35-13(2)23(31)34-3/h7-13H,4-6H2,1-3H3/t13-/m0/s1. The molecule has 0 saturated heterocycles. The number of unbranched alkanes of at least 4 members (excludes halogenated alkanes) is 1. The molecular formula is C23H22BrClN4O6. The Kier molecular flexibility index (Phi) is 8.57. The van der Waals surface area contributed by atoms with Gasteiger partial charge in [-0.3, -0.25) is 14.9 Å². The number of rotatable bonds is 9. The van der Waals surface area contributed by atoms with E-state index in [0.717, 1.165) is 23.6 Å². The Labute approximate surface area is 213 Å². The molecule has 0 N–H and O–H groups in total. The molecule has 0 radical (unpaired) electrons. The maximum atomic E-state index is 13.3. The molecule has 0 amide bonds. The number of hydrogen-bond donors (Lipinski definition) is 0. The fourth-order valence-corrected chi connectivity index (χ4v) is 3.86. The topological polar surface area (TPSA) is 126 Å². The third kappa shape index (κ3) is 6.04. The molecule has 184 valence electrons. The van der Waals surface area contributed by atoms with E-state index in [-0.39, 0.29) is 16.3 Å². The fourth-order valence-electron chi connectivity index (χ4n) is 3.28. The normalized spacial score (nSPS) is 12.1. The van der Waals surface area contributed by atoms with Crippen LogP contribution in [0.1, 0.15) is 38.1 Å². The number of aromatic nitrogens is 2. The lowest BCUT2D eigenvalue weighted by Gasteiger charge is -2.15. The zero-order chi connectivity index (χ0) is 25.7. The molecule has 0 unspecified atom stereocenters. The molecule has 1 heterocycles. The second-order valence-corrected chi connectivity index (χ2v) is 8.89. The van der Waals surface area contributed by atoms with Crippen molar-refractivity contribution in [3.05, 3.63) is 71.7 Å². The third-order valence-corrected chi connectivity index (χ3v) is 5.74. The van der Waals surface area contributed by atoms with Crippen LogP contribution >= 0.6 is 27.5 Å². The molecule has 0 saturated carbocycles. The first-order valence-corrected chi connectivity index (χ1v) is 11.8. The van der Waals surface area contributed by atoms with Crippen LogP contribution in [0, 0.1) is 10.1 Å². The smallest absolute Gasteiger partial charge is 0.346 e. The summed E-state index contributed by atoms with van der Waals surface area (Å²) in [4.78, 5) is 40.7. The molecule has 0 aliphatic carbocycles. The molecule has 1 aromatic heterocycles. The number of halogens is 2. The van der Waals surface area contributed by atoms with E-state index < -0.39 is 28.2 Å². The van der Waals surface area contributed by atoms with Gasteiger partial charge in [-0.1, -0.05) is 40.9 Å². The van der Waals surface area contributed by atoms with Crippen LogP contribution in [0.5, 0.6) is 5.75 Å². The van der Waals surface area contributed by atoms with Gasteiger partial charge in [0.1, 0.15) is 5.82 Å². The summed E-state index contributed by atoms with van der Waals surface area (Å²) in [7, 11) is 1.18. The first kappa shape index (κ1) is 26.3. The minimum Gasteiger partial charge on any atom is -0.471 e. The number of nitro groups is 1. The van der Waals surface area contributed by atoms with Gasteiger partial charge < -0.3 is 9.47 Å². The van der Waals surface area contributed by atoms with Crippen LogP contribution < -0.4 is 10.3 Å². The Morgan fingerprint density at radius 2 is 2.11 bits per heavy atom.